The van der Waals surface area contributed by atoms with Crippen molar-refractivity contribution in [3.63, 3.8) is 0 Å². The Morgan fingerprint density at radius 3 is 2.42 bits per heavy atom. The van der Waals surface area contributed by atoms with Crippen molar-refractivity contribution in [2.24, 2.45) is 0 Å². The van der Waals surface area contributed by atoms with Crippen LogP contribution in [0.4, 0.5) is 5.82 Å². The summed E-state index contributed by atoms with van der Waals surface area (Å²) in [5, 5.41) is 8.98. The number of anilines is 1. The number of rotatable bonds is 1. The first-order valence-corrected chi connectivity index (χ1v) is 6.33. The lowest BCUT2D eigenvalue weighted by molar-refractivity contribution is 0.590. The van der Waals surface area contributed by atoms with Gasteiger partial charge in [0.25, 0.3) is 0 Å². The number of nitrogens with one attached hydrogen (secondary N) is 1. The molecule has 0 bridgehead atoms. The molecule has 1 aromatic heterocycles. The molecule has 2 rings (SSSR count). The molecule has 98 valence electrons. The summed E-state index contributed by atoms with van der Waals surface area (Å²) in [6, 6.07) is 10.3. The van der Waals surface area contributed by atoms with Crippen LogP contribution in [0.2, 0.25) is 0 Å². The molecule has 0 fully saturated rings. The van der Waals surface area contributed by atoms with Crippen molar-refractivity contribution in [3.05, 3.63) is 41.0 Å². The molecule has 0 radical (unpaired) electrons. The van der Waals surface area contributed by atoms with Crippen LogP contribution in [0.25, 0.3) is 11.3 Å². The highest BCUT2D eigenvalue weighted by atomic mass is 14.9. The number of hydrogen-bond donors (Lipinski definition) is 2. The van der Waals surface area contributed by atoms with Gasteiger partial charge in [0, 0.05) is 11.3 Å². The first-order valence-electron chi connectivity index (χ1n) is 6.33. The van der Waals surface area contributed by atoms with Gasteiger partial charge < -0.3 is 10.7 Å². The Morgan fingerprint density at radius 1 is 1.21 bits per heavy atom. The fraction of sp³-hybridized carbons (Fsp3) is 0.312. The quantitative estimate of drug-likeness (QED) is 0.813. The number of H-pyrrole nitrogens is 1. The first-order chi connectivity index (χ1) is 8.82. The van der Waals surface area contributed by atoms with E-state index in [-0.39, 0.29) is 5.41 Å². The molecule has 0 aliphatic heterocycles. The van der Waals surface area contributed by atoms with Crippen molar-refractivity contribution in [1.29, 1.82) is 5.26 Å². The normalized spacial score (nSPS) is 11.3. The number of benzene rings is 1. The van der Waals surface area contributed by atoms with Crippen LogP contribution < -0.4 is 5.73 Å². The second-order valence-corrected chi connectivity index (χ2v) is 5.90. The van der Waals surface area contributed by atoms with Crippen molar-refractivity contribution in [2.45, 2.75) is 33.1 Å². The molecule has 0 aliphatic carbocycles. The Kier molecular flexibility index (Phi) is 3.11. The largest absolute Gasteiger partial charge is 0.384 e. The molecule has 0 saturated carbocycles. The Bertz CT molecular complexity index is 652. The van der Waals surface area contributed by atoms with Crippen LogP contribution in [0, 0.1) is 18.3 Å². The van der Waals surface area contributed by atoms with Gasteiger partial charge in [0.15, 0.2) is 0 Å². The summed E-state index contributed by atoms with van der Waals surface area (Å²) in [6.45, 7) is 8.62. The highest BCUT2D eigenvalue weighted by Crippen LogP contribution is 2.31. The van der Waals surface area contributed by atoms with Crippen LogP contribution >= 0.6 is 0 Å². The third kappa shape index (κ3) is 2.48. The predicted molar refractivity (Wildman–Crippen MR) is 78.8 cm³/mol. The molecule has 3 N–H and O–H groups in total. The van der Waals surface area contributed by atoms with E-state index in [9.17, 15) is 0 Å². The summed E-state index contributed by atoms with van der Waals surface area (Å²) in [5.41, 5.74) is 10.8. The lowest BCUT2D eigenvalue weighted by atomic mass is 9.85. The Labute approximate surface area is 114 Å². The zero-order chi connectivity index (χ0) is 14.2. The maximum atomic E-state index is 8.98. The molecule has 0 atom stereocenters. The molecule has 3 nitrogen and oxygen atoms in total. The van der Waals surface area contributed by atoms with Crippen molar-refractivity contribution in [1.82, 2.24) is 4.98 Å². The van der Waals surface area contributed by atoms with Crippen LogP contribution in [-0.2, 0) is 5.41 Å². The van der Waals surface area contributed by atoms with Crippen LogP contribution in [0.3, 0.4) is 0 Å². The number of hydrogen-bond acceptors (Lipinski definition) is 2. The van der Waals surface area contributed by atoms with E-state index in [0.29, 0.717) is 11.4 Å². The third-order valence-electron chi connectivity index (χ3n) is 3.36. The van der Waals surface area contributed by atoms with Crippen LogP contribution in [0.5, 0.6) is 0 Å². The summed E-state index contributed by atoms with van der Waals surface area (Å²) >= 11 is 0. The van der Waals surface area contributed by atoms with Gasteiger partial charge in [-0.05, 0) is 35.6 Å². The van der Waals surface area contributed by atoms with Gasteiger partial charge in [-0.15, -0.1) is 0 Å². The highest BCUT2D eigenvalue weighted by Gasteiger charge is 2.16. The standard InChI is InChI=1S/C16H19N3/c1-10-5-6-12(16(2,3)4)8-13(10)14-7-11(9-17)15(18)19-14/h5-8,19H,18H2,1-4H3. The Hall–Kier alpha value is -2.21. The monoisotopic (exact) mass is 253 g/mol. The second kappa shape index (κ2) is 4.47. The highest BCUT2D eigenvalue weighted by molar-refractivity contribution is 5.70. The SMILES string of the molecule is Cc1ccc(C(C)(C)C)cc1-c1cc(C#N)c(N)[nH]1. The number of aromatic amines is 1. The average molecular weight is 253 g/mol. The van der Waals surface area contributed by atoms with E-state index < -0.39 is 0 Å². The van der Waals surface area contributed by atoms with Gasteiger partial charge >= 0.3 is 0 Å². The van der Waals surface area contributed by atoms with E-state index >= 15 is 0 Å². The number of aryl methyl sites for hydroxylation is 1. The Balaban J connectivity index is 2.58. The van der Waals surface area contributed by atoms with E-state index in [1.807, 2.05) is 6.07 Å². The fourth-order valence-corrected chi connectivity index (χ4v) is 2.09. The lowest BCUT2D eigenvalue weighted by Crippen LogP contribution is -2.11. The zero-order valence-corrected chi connectivity index (χ0v) is 11.8. The molecular formula is C16H19N3. The van der Waals surface area contributed by atoms with Gasteiger partial charge in [-0.1, -0.05) is 32.9 Å². The van der Waals surface area contributed by atoms with Crippen LogP contribution in [-0.4, -0.2) is 4.98 Å². The topological polar surface area (TPSA) is 65.6 Å². The van der Waals surface area contributed by atoms with Crippen molar-refractivity contribution < 1.29 is 0 Å². The van der Waals surface area contributed by atoms with Crippen molar-refractivity contribution in [3.8, 4) is 17.3 Å². The second-order valence-electron chi connectivity index (χ2n) is 5.90. The predicted octanol–water partition coefficient (Wildman–Crippen LogP) is 3.74. The average Bonchev–Trinajstić information content (AvgIpc) is 2.69. The molecule has 0 spiro atoms. The number of nitrogens with zero attached hydrogens (tertiary/aromatic N) is 1. The smallest absolute Gasteiger partial charge is 0.119 e. The lowest BCUT2D eigenvalue weighted by Gasteiger charge is -2.20. The fourth-order valence-electron chi connectivity index (χ4n) is 2.09. The minimum absolute atomic E-state index is 0.0959. The molecule has 0 unspecified atom stereocenters. The zero-order valence-electron chi connectivity index (χ0n) is 11.8. The first kappa shape index (κ1) is 13.2. The summed E-state index contributed by atoms with van der Waals surface area (Å²) in [4.78, 5) is 3.09. The van der Waals surface area contributed by atoms with E-state index in [0.717, 1.165) is 11.3 Å². The molecule has 0 saturated heterocycles. The van der Waals surface area contributed by atoms with Crippen LogP contribution in [0.1, 0.15) is 37.5 Å². The minimum atomic E-state index is 0.0959. The van der Waals surface area contributed by atoms with Gasteiger partial charge in [-0.25, -0.2) is 0 Å². The molecule has 1 aromatic carbocycles. The van der Waals surface area contributed by atoms with Gasteiger partial charge in [-0.2, -0.15) is 5.26 Å². The third-order valence-corrected chi connectivity index (χ3v) is 3.36. The molecule has 0 aliphatic rings. The maximum absolute atomic E-state index is 8.98. The number of nitrogen functional groups attached to an aromatic ring is 1. The van der Waals surface area contributed by atoms with Crippen LogP contribution in [0.15, 0.2) is 24.3 Å². The van der Waals surface area contributed by atoms with E-state index in [1.165, 1.54) is 11.1 Å². The van der Waals surface area contributed by atoms with E-state index in [4.69, 9.17) is 11.0 Å². The molecule has 2 aromatic rings. The van der Waals surface area contributed by atoms with Gasteiger partial charge in [-0.3, -0.25) is 0 Å². The number of aromatic nitrogens is 1. The summed E-state index contributed by atoms with van der Waals surface area (Å²) < 4.78 is 0. The van der Waals surface area contributed by atoms with E-state index in [2.05, 4.69) is 56.9 Å². The van der Waals surface area contributed by atoms with Crippen molar-refractivity contribution >= 4 is 5.82 Å². The minimum Gasteiger partial charge on any atom is -0.384 e. The number of nitriles is 1. The van der Waals surface area contributed by atoms with Gasteiger partial charge in [0.05, 0.1) is 5.56 Å². The molecule has 3 heteroatoms. The molecule has 0 amide bonds. The van der Waals surface area contributed by atoms with E-state index in [1.54, 1.807) is 0 Å². The molecular weight excluding hydrogens is 234 g/mol. The van der Waals surface area contributed by atoms with Crippen molar-refractivity contribution in [2.75, 3.05) is 5.73 Å². The molecule has 19 heavy (non-hydrogen) atoms. The van der Waals surface area contributed by atoms with Gasteiger partial charge in [0.2, 0.25) is 0 Å². The Morgan fingerprint density at radius 2 is 1.89 bits per heavy atom. The summed E-state index contributed by atoms with van der Waals surface area (Å²) in [6.07, 6.45) is 0. The maximum Gasteiger partial charge on any atom is 0.119 e. The number of nitrogens with two attached hydrogens (primary N) is 1. The van der Waals surface area contributed by atoms with Gasteiger partial charge in [0.1, 0.15) is 11.9 Å². The summed E-state index contributed by atoms with van der Waals surface area (Å²) in [7, 11) is 0. The molecule has 1 heterocycles. The summed E-state index contributed by atoms with van der Waals surface area (Å²) in [5.74, 6) is 0.429.